The molecule has 2 aliphatic rings. The van der Waals surface area contributed by atoms with E-state index in [0.717, 1.165) is 18.9 Å². The predicted molar refractivity (Wildman–Crippen MR) is 81.1 cm³/mol. The van der Waals surface area contributed by atoms with Gasteiger partial charge in [-0.05, 0) is 57.7 Å². The largest absolute Gasteiger partial charge is 0.501 e. The monoisotopic (exact) mass is 263 g/mol. The number of methoxy groups -OCH3 is 1. The summed E-state index contributed by atoms with van der Waals surface area (Å²) in [5, 5.41) is 0. The molecule has 0 fully saturated rings. The van der Waals surface area contributed by atoms with E-state index < -0.39 is 0 Å². The fourth-order valence-electron chi connectivity index (χ4n) is 3.53. The van der Waals surface area contributed by atoms with Gasteiger partial charge in [-0.3, -0.25) is 0 Å². The summed E-state index contributed by atoms with van der Waals surface area (Å²) in [4.78, 5) is 2.72. The highest BCUT2D eigenvalue weighted by Crippen LogP contribution is 2.37. The van der Waals surface area contributed by atoms with E-state index in [1.54, 1.807) is 18.3 Å². The Bertz CT molecular complexity index is 350. The van der Waals surface area contributed by atoms with Gasteiger partial charge in [-0.1, -0.05) is 25.0 Å². The van der Waals surface area contributed by atoms with Crippen LogP contribution in [0, 0.1) is 0 Å². The summed E-state index contributed by atoms with van der Waals surface area (Å²) in [5.74, 6) is 1.18. The van der Waals surface area contributed by atoms with Gasteiger partial charge in [-0.2, -0.15) is 0 Å². The Morgan fingerprint density at radius 2 is 1.95 bits per heavy atom. The number of allylic oxidation sites excluding steroid dienone is 3. The van der Waals surface area contributed by atoms with Crippen LogP contribution in [-0.4, -0.2) is 31.1 Å². The summed E-state index contributed by atoms with van der Waals surface area (Å²) in [6.07, 6.45) is 10.9. The van der Waals surface area contributed by atoms with Crippen molar-refractivity contribution in [2.75, 3.05) is 20.2 Å². The minimum Gasteiger partial charge on any atom is -0.501 e. The van der Waals surface area contributed by atoms with E-state index in [2.05, 4.69) is 24.8 Å². The standard InChI is InChI=1S/C17H29NO/c1-4-10-18(11-5-2)16-8-6-14-7-9-17(19-3)13-15(14)12-16/h9,16H,4-8,10-13H2,1-3H3/t16-/m1/s1. The van der Waals surface area contributed by atoms with Crippen molar-refractivity contribution in [3.8, 4) is 0 Å². The van der Waals surface area contributed by atoms with Crippen LogP contribution < -0.4 is 0 Å². The molecule has 0 N–H and O–H groups in total. The molecular formula is C17H29NO. The van der Waals surface area contributed by atoms with E-state index in [0.29, 0.717) is 0 Å². The quantitative estimate of drug-likeness (QED) is 0.663. The van der Waals surface area contributed by atoms with Crippen LogP contribution in [0.2, 0.25) is 0 Å². The van der Waals surface area contributed by atoms with Gasteiger partial charge in [-0.25, -0.2) is 0 Å². The lowest BCUT2D eigenvalue weighted by molar-refractivity contribution is 0.176. The summed E-state index contributed by atoms with van der Waals surface area (Å²) in [5.41, 5.74) is 3.37. The maximum atomic E-state index is 5.44. The molecule has 19 heavy (non-hydrogen) atoms. The first-order valence-electron chi connectivity index (χ1n) is 7.95. The van der Waals surface area contributed by atoms with Crippen molar-refractivity contribution in [3.05, 3.63) is 23.0 Å². The second kappa shape index (κ2) is 7.14. The lowest BCUT2D eigenvalue weighted by Gasteiger charge is -2.37. The molecule has 0 unspecified atom stereocenters. The number of nitrogens with zero attached hydrogens (tertiary/aromatic N) is 1. The maximum absolute atomic E-state index is 5.44. The Morgan fingerprint density at radius 3 is 2.58 bits per heavy atom. The molecule has 0 aliphatic heterocycles. The first-order valence-corrected chi connectivity index (χ1v) is 7.95. The molecule has 2 aliphatic carbocycles. The maximum Gasteiger partial charge on any atom is 0.0959 e. The smallest absolute Gasteiger partial charge is 0.0959 e. The second-order valence-corrected chi connectivity index (χ2v) is 5.90. The Morgan fingerprint density at radius 1 is 1.21 bits per heavy atom. The molecule has 0 saturated heterocycles. The zero-order chi connectivity index (χ0) is 13.7. The zero-order valence-corrected chi connectivity index (χ0v) is 12.9. The van der Waals surface area contributed by atoms with Gasteiger partial charge in [0.15, 0.2) is 0 Å². The Hall–Kier alpha value is -0.760. The van der Waals surface area contributed by atoms with Crippen LogP contribution in [0.4, 0.5) is 0 Å². The molecule has 0 bridgehead atoms. The summed E-state index contributed by atoms with van der Waals surface area (Å²) in [6, 6.07) is 0.773. The van der Waals surface area contributed by atoms with Crippen molar-refractivity contribution in [2.45, 2.75) is 64.8 Å². The molecule has 108 valence electrons. The van der Waals surface area contributed by atoms with Crippen molar-refractivity contribution in [3.63, 3.8) is 0 Å². The molecule has 0 radical (unpaired) electrons. The molecule has 0 spiro atoms. The Balaban J connectivity index is 1.99. The van der Waals surface area contributed by atoms with Crippen molar-refractivity contribution < 1.29 is 4.74 Å². The van der Waals surface area contributed by atoms with Crippen molar-refractivity contribution in [2.24, 2.45) is 0 Å². The van der Waals surface area contributed by atoms with E-state index in [4.69, 9.17) is 4.74 Å². The number of ether oxygens (including phenoxy) is 1. The second-order valence-electron chi connectivity index (χ2n) is 5.90. The molecule has 0 aromatic carbocycles. The molecule has 2 nitrogen and oxygen atoms in total. The minimum atomic E-state index is 0.773. The third-order valence-corrected chi connectivity index (χ3v) is 4.53. The lowest BCUT2D eigenvalue weighted by Crippen LogP contribution is -2.38. The zero-order valence-electron chi connectivity index (χ0n) is 12.9. The highest BCUT2D eigenvalue weighted by molar-refractivity contribution is 5.29. The van der Waals surface area contributed by atoms with Gasteiger partial charge in [0, 0.05) is 12.5 Å². The molecular weight excluding hydrogens is 234 g/mol. The third kappa shape index (κ3) is 3.62. The van der Waals surface area contributed by atoms with Crippen molar-refractivity contribution in [1.82, 2.24) is 4.90 Å². The van der Waals surface area contributed by atoms with Crippen molar-refractivity contribution >= 4 is 0 Å². The van der Waals surface area contributed by atoms with E-state index in [1.807, 2.05) is 0 Å². The molecule has 0 amide bonds. The van der Waals surface area contributed by atoms with E-state index in [-0.39, 0.29) is 0 Å². The van der Waals surface area contributed by atoms with Crippen LogP contribution in [0.3, 0.4) is 0 Å². The van der Waals surface area contributed by atoms with E-state index >= 15 is 0 Å². The van der Waals surface area contributed by atoms with Crippen LogP contribution in [0.5, 0.6) is 0 Å². The van der Waals surface area contributed by atoms with Gasteiger partial charge >= 0.3 is 0 Å². The Kier molecular flexibility index (Phi) is 5.50. The fourth-order valence-corrected chi connectivity index (χ4v) is 3.53. The average Bonchev–Trinajstić information content (AvgIpc) is 2.46. The third-order valence-electron chi connectivity index (χ3n) is 4.53. The summed E-state index contributed by atoms with van der Waals surface area (Å²) in [7, 11) is 1.80. The van der Waals surface area contributed by atoms with Crippen LogP contribution in [0.15, 0.2) is 23.0 Å². The van der Waals surface area contributed by atoms with Crippen LogP contribution >= 0.6 is 0 Å². The van der Waals surface area contributed by atoms with Gasteiger partial charge in [0.05, 0.1) is 12.9 Å². The van der Waals surface area contributed by atoms with Gasteiger partial charge in [0.25, 0.3) is 0 Å². The fraction of sp³-hybridized carbons (Fsp3) is 0.765. The SMILES string of the molecule is CCCN(CCC)[C@@H]1CCC2=C(CC(OC)=CC2)C1. The molecule has 2 heteroatoms. The first kappa shape index (κ1) is 14.6. The van der Waals surface area contributed by atoms with Crippen LogP contribution in [0.25, 0.3) is 0 Å². The van der Waals surface area contributed by atoms with Gasteiger partial charge in [-0.15, -0.1) is 0 Å². The molecule has 0 heterocycles. The first-order chi connectivity index (χ1) is 9.28. The summed E-state index contributed by atoms with van der Waals surface area (Å²) in [6.45, 7) is 7.10. The van der Waals surface area contributed by atoms with Gasteiger partial charge < -0.3 is 9.64 Å². The van der Waals surface area contributed by atoms with E-state index in [1.165, 1.54) is 51.0 Å². The molecule has 0 aromatic heterocycles. The molecule has 2 rings (SSSR count). The predicted octanol–water partition coefficient (Wildman–Crippen LogP) is 4.28. The highest BCUT2D eigenvalue weighted by Gasteiger charge is 2.27. The van der Waals surface area contributed by atoms with Crippen LogP contribution in [0.1, 0.15) is 58.8 Å². The van der Waals surface area contributed by atoms with Gasteiger partial charge in [0.1, 0.15) is 0 Å². The molecule has 0 saturated carbocycles. The summed E-state index contributed by atoms with van der Waals surface area (Å²) >= 11 is 0. The van der Waals surface area contributed by atoms with Crippen LogP contribution in [-0.2, 0) is 4.74 Å². The van der Waals surface area contributed by atoms with E-state index in [9.17, 15) is 0 Å². The van der Waals surface area contributed by atoms with Crippen molar-refractivity contribution in [1.29, 1.82) is 0 Å². The van der Waals surface area contributed by atoms with Gasteiger partial charge in [0.2, 0.25) is 0 Å². The average molecular weight is 263 g/mol. The lowest BCUT2D eigenvalue weighted by atomic mass is 9.81. The number of hydrogen-bond acceptors (Lipinski definition) is 2. The molecule has 0 aromatic rings. The topological polar surface area (TPSA) is 12.5 Å². The minimum absolute atomic E-state index is 0.773. The number of rotatable bonds is 6. The molecule has 1 atom stereocenters. The summed E-state index contributed by atoms with van der Waals surface area (Å²) < 4.78 is 5.44. The normalized spacial score (nSPS) is 23.4. The highest BCUT2D eigenvalue weighted by atomic mass is 16.5. The Labute approximate surface area is 118 Å². The number of hydrogen-bond donors (Lipinski definition) is 0.